The van der Waals surface area contributed by atoms with Crippen LogP contribution in [0.15, 0.2) is 24.3 Å². The Kier molecular flexibility index (Phi) is 7.87. The lowest BCUT2D eigenvalue weighted by atomic mass is 9.93. The molecule has 1 aromatic rings. The summed E-state index contributed by atoms with van der Waals surface area (Å²) in [6.07, 6.45) is 1.99. The van der Waals surface area contributed by atoms with Crippen molar-refractivity contribution in [1.82, 2.24) is 10.2 Å². The third kappa shape index (κ3) is 6.31. The van der Waals surface area contributed by atoms with E-state index < -0.39 is 6.03 Å². The summed E-state index contributed by atoms with van der Waals surface area (Å²) >= 11 is 0. The number of carbonyl (C=O) groups is 2. The molecule has 1 heterocycles. The summed E-state index contributed by atoms with van der Waals surface area (Å²) in [6.45, 7) is 8.78. The van der Waals surface area contributed by atoms with E-state index in [0.717, 1.165) is 45.7 Å². The van der Waals surface area contributed by atoms with Crippen molar-refractivity contribution in [2.75, 3.05) is 38.2 Å². The molecular weight excluding hydrogens is 332 g/mol. The average molecular weight is 362 g/mol. The standard InChI is InChI=1S/C19H30N4O3/c1-3-26-12-4-10-23-11-9-17(14(2)13-23)22-18(24)15-5-7-16(8-6-15)21-19(20)25/h5-8,14,17H,3-4,9-13H2,1-2H3,(H,22,24)(H3,20,21,25). The van der Waals surface area contributed by atoms with E-state index in [-0.39, 0.29) is 11.9 Å². The van der Waals surface area contributed by atoms with E-state index in [1.807, 2.05) is 6.92 Å². The quantitative estimate of drug-likeness (QED) is 0.617. The van der Waals surface area contributed by atoms with Crippen LogP contribution in [0.5, 0.6) is 0 Å². The van der Waals surface area contributed by atoms with E-state index in [2.05, 4.69) is 22.5 Å². The van der Waals surface area contributed by atoms with Gasteiger partial charge in [-0.25, -0.2) is 4.79 Å². The van der Waals surface area contributed by atoms with Gasteiger partial charge >= 0.3 is 6.03 Å². The van der Waals surface area contributed by atoms with Gasteiger partial charge < -0.3 is 26.0 Å². The number of hydrogen-bond acceptors (Lipinski definition) is 4. The van der Waals surface area contributed by atoms with E-state index in [1.54, 1.807) is 24.3 Å². The maximum atomic E-state index is 12.5. The summed E-state index contributed by atoms with van der Waals surface area (Å²) in [5.74, 6) is 0.313. The molecule has 7 heteroatoms. The summed E-state index contributed by atoms with van der Waals surface area (Å²) < 4.78 is 5.39. The summed E-state index contributed by atoms with van der Waals surface area (Å²) in [6, 6.07) is 6.27. The molecule has 1 aliphatic rings. The minimum Gasteiger partial charge on any atom is -0.382 e. The fourth-order valence-corrected chi connectivity index (χ4v) is 3.28. The fourth-order valence-electron chi connectivity index (χ4n) is 3.28. The lowest BCUT2D eigenvalue weighted by Crippen LogP contribution is -2.50. The SMILES string of the molecule is CCOCCCN1CCC(NC(=O)c2ccc(NC(N)=O)cc2)C(C)C1. The molecule has 26 heavy (non-hydrogen) atoms. The highest BCUT2D eigenvalue weighted by molar-refractivity contribution is 5.95. The van der Waals surface area contributed by atoms with Gasteiger partial charge in [0.1, 0.15) is 0 Å². The Morgan fingerprint density at radius 2 is 2.04 bits per heavy atom. The van der Waals surface area contributed by atoms with Crippen molar-refractivity contribution in [3.8, 4) is 0 Å². The first kappa shape index (κ1) is 20.2. The maximum absolute atomic E-state index is 12.5. The third-order valence-corrected chi connectivity index (χ3v) is 4.69. The Hall–Kier alpha value is -2.12. The highest BCUT2D eigenvalue weighted by atomic mass is 16.5. The second-order valence-corrected chi connectivity index (χ2v) is 6.76. The maximum Gasteiger partial charge on any atom is 0.316 e. The minimum atomic E-state index is -0.621. The second-order valence-electron chi connectivity index (χ2n) is 6.76. The number of likely N-dealkylation sites (tertiary alicyclic amines) is 1. The number of primary amides is 1. The molecule has 0 bridgehead atoms. The minimum absolute atomic E-state index is 0.0859. The summed E-state index contributed by atoms with van der Waals surface area (Å²) in [5, 5.41) is 5.62. The van der Waals surface area contributed by atoms with Crippen molar-refractivity contribution in [1.29, 1.82) is 0 Å². The first-order valence-electron chi connectivity index (χ1n) is 9.27. The van der Waals surface area contributed by atoms with Crippen LogP contribution in [-0.4, -0.2) is 55.7 Å². The Morgan fingerprint density at radius 1 is 1.31 bits per heavy atom. The lowest BCUT2D eigenvalue weighted by Gasteiger charge is -2.37. The first-order valence-corrected chi connectivity index (χ1v) is 9.27. The molecule has 144 valence electrons. The Morgan fingerprint density at radius 3 is 2.65 bits per heavy atom. The molecule has 7 nitrogen and oxygen atoms in total. The highest BCUT2D eigenvalue weighted by Gasteiger charge is 2.27. The molecule has 1 aromatic carbocycles. The van der Waals surface area contributed by atoms with Crippen molar-refractivity contribution >= 4 is 17.6 Å². The molecule has 0 saturated carbocycles. The highest BCUT2D eigenvalue weighted by Crippen LogP contribution is 2.18. The normalized spacial score (nSPS) is 20.5. The van der Waals surface area contributed by atoms with Gasteiger partial charge in [0.05, 0.1) is 0 Å². The zero-order valence-corrected chi connectivity index (χ0v) is 15.7. The number of hydrogen-bond donors (Lipinski definition) is 3. The largest absolute Gasteiger partial charge is 0.382 e. The van der Waals surface area contributed by atoms with Crippen LogP contribution in [0, 0.1) is 5.92 Å². The zero-order chi connectivity index (χ0) is 18.9. The zero-order valence-electron chi connectivity index (χ0n) is 15.7. The van der Waals surface area contributed by atoms with Crippen LogP contribution in [0.3, 0.4) is 0 Å². The number of ether oxygens (including phenoxy) is 1. The van der Waals surface area contributed by atoms with Crippen LogP contribution in [0.2, 0.25) is 0 Å². The number of piperidine rings is 1. The molecular formula is C19H30N4O3. The predicted octanol–water partition coefficient (Wildman–Crippen LogP) is 2.04. The third-order valence-electron chi connectivity index (χ3n) is 4.69. The van der Waals surface area contributed by atoms with Gasteiger partial charge in [-0.2, -0.15) is 0 Å². The van der Waals surface area contributed by atoms with Crippen LogP contribution in [-0.2, 0) is 4.74 Å². The van der Waals surface area contributed by atoms with Crippen LogP contribution >= 0.6 is 0 Å². The Balaban J connectivity index is 1.79. The number of nitrogens with zero attached hydrogens (tertiary/aromatic N) is 1. The van der Waals surface area contributed by atoms with Crippen LogP contribution in [0.1, 0.15) is 37.0 Å². The monoisotopic (exact) mass is 362 g/mol. The molecule has 1 saturated heterocycles. The second kappa shape index (κ2) is 10.1. The summed E-state index contributed by atoms with van der Waals surface area (Å²) in [4.78, 5) is 25.7. The van der Waals surface area contributed by atoms with E-state index in [4.69, 9.17) is 10.5 Å². The van der Waals surface area contributed by atoms with Gasteiger partial charge in [0.25, 0.3) is 5.91 Å². The molecule has 0 aliphatic carbocycles. The number of nitrogens with two attached hydrogens (primary N) is 1. The van der Waals surface area contributed by atoms with Gasteiger partial charge in [-0.15, -0.1) is 0 Å². The summed E-state index contributed by atoms with van der Waals surface area (Å²) in [7, 11) is 0. The number of urea groups is 1. The number of carbonyl (C=O) groups excluding carboxylic acids is 2. The number of benzene rings is 1. The van der Waals surface area contributed by atoms with Gasteiger partial charge in [0.2, 0.25) is 0 Å². The molecule has 0 spiro atoms. The number of amides is 3. The van der Waals surface area contributed by atoms with Gasteiger partial charge in [0.15, 0.2) is 0 Å². The van der Waals surface area contributed by atoms with E-state index in [9.17, 15) is 9.59 Å². The van der Waals surface area contributed by atoms with Gasteiger partial charge in [-0.05, 0) is 49.9 Å². The van der Waals surface area contributed by atoms with Crippen molar-refractivity contribution in [3.05, 3.63) is 29.8 Å². The molecule has 2 unspecified atom stereocenters. The number of rotatable bonds is 8. The van der Waals surface area contributed by atoms with E-state index in [0.29, 0.717) is 17.2 Å². The molecule has 3 amide bonds. The number of nitrogens with one attached hydrogen (secondary N) is 2. The molecule has 0 aromatic heterocycles. The van der Waals surface area contributed by atoms with Crippen molar-refractivity contribution in [2.24, 2.45) is 11.7 Å². The average Bonchev–Trinajstić information content (AvgIpc) is 2.61. The van der Waals surface area contributed by atoms with E-state index >= 15 is 0 Å². The topological polar surface area (TPSA) is 96.7 Å². The van der Waals surface area contributed by atoms with Gasteiger partial charge in [0, 0.05) is 50.1 Å². The number of anilines is 1. The van der Waals surface area contributed by atoms with Crippen LogP contribution in [0.4, 0.5) is 10.5 Å². The Bertz CT molecular complexity index is 591. The lowest BCUT2D eigenvalue weighted by molar-refractivity contribution is 0.0843. The molecule has 1 fully saturated rings. The van der Waals surface area contributed by atoms with Crippen LogP contribution < -0.4 is 16.4 Å². The van der Waals surface area contributed by atoms with Crippen LogP contribution in [0.25, 0.3) is 0 Å². The smallest absolute Gasteiger partial charge is 0.316 e. The molecule has 4 N–H and O–H groups in total. The first-order chi connectivity index (χ1) is 12.5. The molecule has 1 aliphatic heterocycles. The van der Waals surface area contributed by atoms with Gasteiger partial charge in [-0.1, -0.05) is 6.92 Å². The molecule has 2 rings (SSSR count). The Labute approximate surface area is 155 Å². The van der Waals surface area contributed by atoms with Gasteiger partial charge in [-0.3, -0.25) is 4.79 Å². The van der Waals surface area contributed by atoms with E-state index in [1.165, 1.54) is 0 Å². The van der Waals surface area contributed by atoms with Crippen molar-refractivity contribution in [2.45, 2.75) is 32.7 Å². The van der Waals surface area contributed by atoms with Crippen molar-refractivity contribution < 1.29 is 14.3 Å². The predicted molar refractivity (Wildman–Crippen MR) is 102 cm³/mol. The van der Waals surface area contributed by atoms with Crippen molar-refractivity contribution in [3.63, 3.8) is 0 Å². The fraction of sp³-hybridized carbons (Fsp3) is 0.579. The molecule has 2 atom stereocenters. The summed E-state index contributed by atoms with van der Waals surface area (Å²) in [5.41, 5.74) is 6.22. The molecule has 0 radical (unpaired) electrons.